The number of rotatable bonds is 11. The zero-order chi connectivity index (χ0) is 32.5. The molecule has 1 aliphatic carbocycles. The second-order valence-corrected chi connectivity index (χ2v) is 12.2. The maximum Gasteiger partial charge on any atom is 0.187 e. The molecule has 0 spiro atoms. The quantitative estimate of drug-likeness (QED) is 0.0996. The number of nitrogens with two attached hydrogens (primary N) is 5. The summed E-state index contributed by atoms with van der Waals surface area (Å²) in [4.78, 5) is 0. The summed E-state index contributed by atoms with van der Waals surface area (Å²) in [6, 6.07) is -3.93. The molecule has 0 amide bonds. The molecule has 0 radical (unpaired) electrons. The van der Waals surface area contributed by atoms with E-state index >= 15 is 0 Å². The Hall–Kier alpha value is -0.720. The second-order valence-electron chi connectivity index (χ2n) is 12.2. The van der Waals surface area contributed by atoms with Crippen LogP contribution < -0.4 is 28.7 Å². The summed E-state index contributed by atoms with van der Waals surface area (Å²) >= 11 is 0. The monoisotopic (exact) mass is 641 g/mol. The average molecular weight is 642 g/mol. The van der Waals surface area contributed by atoms with E-state index in [1.165, 1.54) is 0 Å². The lowest BCUT2D eigenvalue weighted by Gasteiger charge is -2.48. The Balaban J connectivity index is 1.49. The van der Waals surface area contributed by atoms with Gasteiger partial charge in [0.25, 0.3) is 0 Å². The fourth-order valence-corrected chi connectivity index (χ4v) is 6.49. The Kier molecular flexibility index (Phi) is 12.7. The molecule has 11 unspecified atom stereocenters. The van der Waals surface area contributed by atoms with Crippen molar-refractivity contribution in [2.24, 2.45) is 34.6 Å². The lowest BCUT2D eigenvalue weighted by atomic mass is 9.83. The Morgan fingerprint density at radius 2 is 1.16 bits per heavy atom. The van der Waals surface area contributed by atoms with Gasteiger partial charge in [0, 0.05) is 24.5 Å². The van der Waals surface area contributed by atoms with Crippen molar-refractivity contribution in [3.63, 3.8) is 0 Å². The van der Waals surface area contributed by atoms with E-state index < -0.39 is 123 Å². The van der Waals surface area contributed by atoms with Crippen LogP contribution in [0.1, 0.15) is 26.2 Å². The molecule has 1 saturated carbocycles. The van der Waals surface area contributed by atoms with Crippen LogP contribution in [-0.4, -0.2) is 166 Å². The number of hydrogen-bond acceptors (Lipinski definition) is 18. The first-order chi connectivity index (χ1) is 20.9. The highest BCUT2D eigenvalue weighted by Gasteiger charge is 2.54. The van der Waals surface area contributed by atoms with Crippen LogP contribution in [0.15, 0.2) is 0 Å². The molecule has 258 valence electrons. The molecule has 0 aromatic carbocycles. The van der Waals surface area contributed by atoms with Crippen molar-refractivity contribution >= 4 is 0 Å². The van der Waals surface area contributed by atoms with Gasteiger partial charge in [-0.1, -0.05) is 13.3 Å². The van der Waals surface area contributed by atoms with Crippen LogP contribution in [-0.2, 0) is 28.4 Å². The first-order valence-electron chi connectivity index (χ1n) is 15.2. The van der Waals surface area contributed by atoms with Crippen molar-refractivity contribution in [3.8, 4) is 0 Å². The Labute approximate surface area is 255 Å². The normalized spacial score (nSPS) is 51.9. The number of hydrogen-bond donors (Lipinski definition) is 12. The zero-order valence-electron chi connectivity index (χ0n) is 24.7. The van der Waals surface area contributed by atoms with Gasteiger partial charge in [-0.25, -0.2) is 0 Å². The van der Waals surface area contributed by atoms with E-state index in [1.807, 2.05) is 6.92 Å². The van der Waals surface area contributed by atoms with Crippen molar-refractivity contribution in [1.29, 1.82) is 0 Å². The molecular formula is C26H51N5O13. The summed E-state index contributed by atoms with van der Waals surface area (Å²) in [7, 11) is 0. The fourth-order valence-electron chi connectivity index (χ4n) is 6.49. The van der Waals surface area contributed by atoms with E-state index in [1.54, 1.807) is 0 Å². The summed E-state index contributed by atoms with van der Waals surface area (Å²) in [6.45, 7) is 0.752. The molecule has 4 aliphatic rings. The summed E-state index contributed by atoms with van der Waals surface area (Å²) in [6.07, 6.45) is -16.2. The van der Waals surface area contributed by atoms with Crippen molar-refractivity contribution in [3.05, 3.63) is 0 Å². The van der Waals surface area contributed by atoms with Crippen molar-refractivity contribution in [1.82, 2.24) is 0 Å². The van der Waals surface area contributed by atoms with E-state index in [0.29, 0.717) is 6.42 Å². The van der Waals surface area contributed by atoms with Crippen LogP contribution in [0.5, 0.6) is 0 Å². The zero-order valence-corrected chi connectivity index (χ0v) is 24.7. The molecule has 3 aliphatic heterocycles. The van der Waals surface area contributed by atoms with Gasteiger partial charge >= 0.3 is 0 Å². The van der Waals surface area contributed by atoms with Gasteiger partial charge < -0.3 is 92.8 Å². The van der Waals surface area contributed by atoms with Crippen LogP contribution in [0, 0.1) is 5.92 Å². The third-order valence-corrected chi connectivity index (χ3v) is 9.13. The highest BCUT2D eigenvalue weighted by molar-refractivity contribution is 5.02. The molecule has 3 saturated heterocycles. The molecule has 18 nitrogen and oxygen atoms in total. The van der Waals surface area contributed by atoms with E-state index in [4.69, 9.17) is 57.1 Å². The topological polar surface area (TPSA) is 327 Å². The average Bonchev–Trinajstić information content (AvgIpc) is 3.30. The number of aliphatic hydroxyl groups is 7. The van der Waals surface area contributed by atoms with Gasteiger partial charge in [0.05, 0.1) is 43.6 Å². The fraction of sp³-hybridized carbons (Fsp3) is 1.00. The molecule has 44 heavy (non-hydrogen) atoms. The summed E-state index contributed by atoms with van der Waals surface area (Å²) in [5.74, 6) is -0.425. The van der Waals surface area contributed by atoms with E-state index in [0.717, 1.165) is 6.42 Å². The van der Waals surface area contributed by atoms with Gasteiger partial charge in [0.1, 0.15) is 48.8 Å². The molecule has 4 fully saturated rings. The maximum absolute atomic E-state index is 11.2. The van der Waals surface area contributed by atoms with Gasteiger partial charge in [-0.3, -0.25) is 0 Å². The molecule has 3 heterocycles. The molecule has 0 aromatic heterocycles. The molecule has 0 bridgehead atoms. The predicted molar refractivity (Wildman–Crippen MR) is 149 cm³/mol. The Morgan fingerprint density at radius 3 is 1.75 bits per heavy atom. The van der Waals surface area contributed by atoms with E-state index in [2.05, 4.69) is 0 Å². The molecule has 0 aromatic rings. The third-order valence-electron chi connectivity index (χ3n) is 9.13. The van der Waals surface area contributed by atoms with Crippen molar-refractivity contribution in [2.45, 2.75) is 136 Å². The minimum atomic E-state index is -1.59. The third kappa shape index (κ3) is 7.23. The van der Waals surface area contributed by atoms with Crippen LogP contribution in [0.2, 0.25) is 0 Å². The summed E-state index contributed by atoms with van der Waals surface area (Å²) in [5, 5.41) is 73.5. The van der Waals surface area contributed by atoms with Crippen LogP contribution in [0.25, 0.3) is 0 Å². The smallest absolute Gasteiger partial charge is 0.187 e. The minimum absolute atomic E-state index is 0.116. The molecule has 18 heteroatoms. The molecular weight excluding hydrogens is 590 g/mol. The van der Waals surface area contributed by atoms with Crippen molar-refractivity contribution in [2.75, 3.05) is 19.8 Å². The molecule has 4 rings (SSSR count). The second kappa shape index (κ2) is 15.5. The van der Waals surface area contributed by atoms with Gasteiger partial charge in [0.2, 0.25) is 0 Å². The van der Waals surface area contributed by atoms with Crippen LogP contribution in [0.4, 0.5) is 0 Å². The largest absolute Gasteiger partial charge is 0.394 e. The van der Waals surface area contributed by atoms with Gasteiger partial charge in [-0.2, -0.15) is 0 Å². The minimum Gasteiger partial charge on any atom is -0.394 e. The van der Waals surface area contributed by atoms with Crippen LogP contribution >= 0.6 is 0 Å². The van der Waals surface area contributed by atoms with Gasteiger partial charge in [-0.15, -0.1) is 0 Å². The number of aliphatic hydroxyl groups excluding tert-OH is 7. The van der Waals surface area contributed by atoms with Gasteiger partial charge in [0.15, 0.2) is 18.9 Å². The van der Waals surface area contributed by atoms with Crippen LogP contribution in [0.3, 0.4) is 0 Å². The first-order valence-corrected chi connectivity index (χ1v) is 15.2. The highest BCUT2D eigenvalue weighted by Crippen LogP contribution is 2.35. The van der Waals surface area contributed by atoms with E-state index in [-0.39, 0.29) is 19.6 Å². The first kappa shape index (κ1) is 36.1. The molecule has 19 atom stereocenters. The SMILES string of the molecule is CCC[C@@H]1C(CO)O[C@H](O[C@@H]2C(N)C[C@@H](N)C(O)C2O[C@@H]2O[C@H](CO)C(O[C@H]3OC(CN)[C@@H](O)C(O)C3N)C2O)C(N)C1O. The van der Waals surface area contributed by atoms with Gasteiger partial charge in [-0.05, 0) is 12.8 Å². The standard InChI is InChI=1S/C26H51N5O13/c1-2-3-8-12(6-32)40-24(14(30)16(8)34)42-21-10(29)4-9(28)17(35)23(21)44-26-20(38)22(13(7-33)41-26)43-25-15(31)19(37)18(36)11(5-27)39-25/h8-26,32-38H,2-7,27-31H2,1H3/t8-,9-,10?,11?,12?,13-,14?,15?,16?,17?,18-,19?,20?,21-,22?,23?,24-,25-,26+/m1/s1. The maximum atomic E-state index is 11.2. The molecule has 17 N–H and O–H groups in total. The Bertz CT molecular complexity index is 897. The summed E-state index contributed by atoms with van der Waals surface area (Å²) in [5.41, 5.74) is 30.4. The number of ether oxygens (including phenoxy) is 6. The summed E-state index contributed by atoms with van der Waals surface area (Å²) < 4.78 is 35.2. The Morgan fingerprint density at radius 1 is 0.614 bits per heavy atom. The van der Waals surface area contributed by atoms with E-state index in [9.17, 15) is 35.7 Å². The lowest BCUT2D eigenvalue weighted by molar-refractivity contribution is -0.306. The van der Waals surface area contributed by atoms with Crippen molar-refractivity contribution < 1.29 is 64.2 Å². The lowest BCUT2D eigenvalue weighted by Crippen LogP contribution is -2.67. The predicted octanol–water partition coefficient (Wildman–Crippen LogP) is -6.81. The highest BCUT2D eigenvalue weighted by atomic mass is 16.8.